The molecule has 0 spiro atoms. The summed E-state index contributed by atoms with van der Waals surface area (Å²) in [6.45, 7) is 4.02. The lowest BCUT2D eigenvalue weighted by Crippen LogP contribution is -2.13. The zero-order valence-corrected chi connectivity index (χ0v) is 19.3. The van der Waals surface area contributed by atoms with Crippen LogP contribution in [-0.2, 0) is 6.54 Å². The molecule has 4 heterocycles. The third-order valence-electron chi connectivity index (χ3n) is 5.37. The first-order chi connectivity index (χ1) is 15.9. The largest absolute Gasteiger partial charge is 0.319 e. The van der Waals surface area contributed by atoms with E-state index in [0.717, 1.165) is 21.8 Å². The zero-order valence-electron chi connectivity index (χ0n) is 17.7. The van der Waals surface area contributed by atoms with Gasteiger partial charge in [0.1, 0.15) is 11.4 Å². The minimum Gasteiger partial charge on any atom is -0.319 e. The van der Waals surface area contributed by atoms with Crippen LogP contribution in [0.25, 0.3) is 16.2 Å². The molecule has 0 unspecified atom stereocenters. The van der Waals surface area contributed by atoms with E-state index in [0.29, 0.717) is 34.2 Å². The Morgan fingerprint density at radius 1 is 1.24 bits per heavy atom. The maximum absolute atomic E-state index is 13.4. The van der Waals surface area contributed by atoms with Crippen LogP contribution in [0.2, 0.25) is 5.02 Å². The molecular weight excluding hydrogens is 463 g/mol. The van der Waals surface area contributed by atoms with Crippen molar-refractivity contribution in [2.24, 2.45) is 0 Å². The Labute approximate surface area is 197 Å². The number of hydrogen-bond donors (Lipinski definition) is 1. The lowest BCUT2D eigenvalue weighted by molar-refractivity contribution is 0.102. The molecule has 0 atom stereocenters. The fourth-order valence-corrected chi connectivity index (χ4v) is 4.65. The predicted octanol–water partition coefficient (Wildman–Crippen LogP) is 5.36. The third-order valence-corrected chi connectivity index (χ3v) is 6.62. The van der Waals surface area contributed by atoms with Gasteiger partial charge >= 0.3 is 0 Å². The Hall–Kier alpha value is -3.56. The van der Waals surface area contributed by atoms with Gasteiger partial charge in [0.15, 0.2) is 5.65 Å². The van der Waals surface area contributed by atoms with E-state index in [1.807, 2.05) is 37.4 Å². The number of thiophene rings is 1. The number of halogens is 2. The fraction of sp³-hybridized carbons (Fsp3) is 0.130. The van der Waals surface area contributed by atoms with Crippen LogP contribution in [0.4, 0.5) is 10.1 Å². The smallest absolute Gasteiger partial charge is 0.261 e. The van der Waals surface area contributed by atoms with Crippen LogP contribution in [0.5, 0.6) is 0 Å². The van der Waals surface area contributed by atoms with E-state index in [1.54, 1.807) is 32.8 Å². The molecule has 0 bridgehead atoms. The van der Waals surface area contributed by atoms with E-state index < -0.39 is 5.82 Å². The lowest BCUT2D eigenvalue weighted by Gasteiger charge is -2.08. The van der Waals surface area contributed by atoms with Crippen molar-refractivity contribution >= 4 is 40.2 Å². The predicted molar refractivity (Wildman–Crippen MR) is 126 cm³/mol. The Kier molecular flexibility index (Phi) is 5.43. The highest BCUT2D eigenvalue weighted by atomic mass is 35.5. The summed E-state index contributed by atoms with van der Waals surface area (Å²) in [5.74, 6) is -0.722. The summed E-state index contributed by atoms with van der Waals surface area (Å²) in [4.78, 5) is 18.6. The molecule has 1 aromatic carbocycles. The molecule has 10 heteroatoms. The average molecular weight is 481 g/mol. The van der Waals surface area contributed by atoms with E-state index in [4.69, 9.17) is 11.6 Å². The number of benzene rings is 1. The summed E-state index contributed by atoms with van der Waals surface area (Å²) in [7, 11) is 0. The highest BCUT2D eigenvalue weighted by molar-refractivity contribution is 7.13. The van der Waals surface area contributed by atoms with E-state index >= 15 is 0 Å². The second-order valence-corrected chi connectivity index (χ2v) is 8.85. The van der Waals surface area contributed by atoms with Crippen molar-refractivity contribution in [1.82, 2.24) is 24.4 Å². The number of rotatable bonds is 5. The molecule has 0 saturated heterocycles. The first-order valence-corrected chi connectivity index (χ1v) is 11.3. The molecule has 0 fully saturated rings. The summed E-state index contributed by atoms with van der Waals surface area (Å²) in [6, 6.07) is 10.1. The molecule has 5 aromatic rings. The maximum Gasteiger partial charge on any atom is 0.261 e. The number of carbonyl (C=O) groups excluding carboxylic acids is 1. The van der Waals surface area contributed by atoms with Crippen molar-refractivity contribution in [3.8, 4) is 10.6 Å². The van der Waals surface area contributed by atoms with Gasteiger partial charge in [-0.3, -0.25) is 9.48 Å². The number of aromatic nitrogens is 5. The van der Waals surface area contributed by atoms with Crippen molar-refractivity contribution in [2.75, 3.05) is 5.32 Å². The summed E-state index contributed by atoms with van der Waals surface area (Å²) in [5, 5.41) is 14.2. The molecule has 0 aliphatic carbocycles. The molecule has 0 aliphatic heterocycles. The number of amides is 1. The van der Waals surface area contributed by atoms with Crippen LogP contribution in [0.1, 0.15) is 27.3 Å². The normalized spacial score (nSPS) is 11.3. The van der Waals surface area contributed by atoms with E-state index in [-0.39, 0.29) is 5.91 Å². The van der Waals surface area contributed by atoms with E-state index in [2.05, 4.69) is 20.5 Å². The molecular formula is C23H18ClFN6OS. The maximum atomic E-state index is 13.4. The standard InChI is InChI=1S/C23H18ClFN6OS/c1-13-21(14(2)30(29-13)12-15-5-6-16(25)10-18(15)24)28-23(32)17-11-27-31-19(7-8-26-22(17)31)20-4-3-9-33-20/h3-11H,12H2,1-2H3,(H,28,32). The van der Waals surface area contributed by atoms with Gasteiger partial charge in [0.05, 0.1) is 40.4 Å². The number of hydrogen-bond acceptors (Lipinski definition) is 5. The third kappa shape index (κ3) is 3.90. The van der Waals surface area contributed by atoms with Gasteiger partial charge in [0, 0.05) is 11.2 Å². The molecule has 33 heavy (non-hydrogen) atoms. The first-order valence-electron chi connectivity index (χ1n) is 10.1. The van der Waals surface area contributed by atoms with Crippen molar-refractivity contribution in [3.05, 3.63) is 87.5 Å². The van der Waals surface area contributed by atoms with E-state index in [9.17, 15) is 9.18 Å². The van der Waals surface area contributed by atoms with Gasteiger partial charge in [-0.15, -0.1) is 11.3 Å². The van der Waals surface area contributed by atoms with Crippen LogP contribution in [0.15, 0.2) is 54.2 Å². The van der Waals surface area contributed by atoms with Crippen LogP contribution in [-0.4, -0.2) is 30.3 Å². The van der Waals surface area contributed by atoms with E-state index in [1.165, 1.54) is 18.3 Å². The number of aryl methyl sites for hydroxylation is 1. The number of nitrogens with zero attached hydrogens (tertiary/aromatic N) is 5. The highest BCUT2D eigenvalue weighted by Gasteiger charge is 2.20. The van der Waals surface area contributed by atoms with Gasteiger partial charge < -0.3 is 5.32 Å². The van der Waals surface area contributed by atoms with Crippen molar-refractivity contribution in [1.29, 1.82) is 0 Å². The molecule has 4 aromatic heterocycles. The molecule has 1 N–H and O–H groups in total. The number of anilines is 1. The SMILES string of the molecule is Cc1nn(Cc2ccc(F)cc2Cl)c(C)c1NC(=O)c1cnn2c(-c3cccs3)ccnc12. The summed E-state index contributed by atoms with van der Waals surface area (Å²) in [5.41, 5.74) is 4.44. The molecule has 0 radical (unpaired) electrons. The molecule has 0 aliphatic rings. The first kappa shape index (κ1) is 21.3. The van der Waals surface area contributed by atoms with Crippen LogP contribution in [0.3, 0.4) is 0 Å². The number of carbonyl (C=O) groups is 1. The molecule has 166 valence electrons. The zero-order chi connectivity index (χ0) is 23.1. The fourth-order valence-electron chi connectivity index (χ4n) is 3.69. The van der Waals surface area contributed by atoms with Crippen LogP contribution in [0, 0.1) is 19.7 Å². The summed E-state index contributed by atoms with van der Waals surface area (Å²) >= 11 is 7.76. The van der Waals surface area contributed by atoms with Gasteiger partial charge in [-0.05, 0) is 49.1 Å². The van der Waals surface area contributed by atoms with Gasteiger partial charge in [0.25, 0.3) is 5.91 Å². The van der Waals surface area contributed by atoms with Gasteiger partial charge in [-0.2, -0.15) is 10.2 Å². The molecule has 1 amide bonds. The molecule has 0 saturated carbocycles. The van der Waals surface area contributed by atoms with Gasteiger partial charge in [0.2, 0.25) is 0 Å². The van der Waals surface area contributed by atoms with Crippen molar-refractivity contribution < 1.29 is 9.18 Å². The number of nitrogens with one attached hydrogen (secondary N) is 1. The second kappa shape index (κ2) is 8.42. The van der Waals surface area contributed by atoms with Gasteiger partial charge in [-0.1, -0.05) is 23.7 Å². The Morgan fingerprint density at radius 2 is 2.09 bits per heavy atom. The Morgan fingerprint density at radius 3 is 2.85 bits per heavy atom. The van der Waals surface area contributed by atoms with Crippen LogP contribution < -0.4 is 5.32 Å². The quantitative estimate of drug-likeness (QED) is 0.367. The summed E-state index contributed by atoms with van der Waals surface area (Å²) in [6.07, 6.45) is 3.19. The Balaban J connectivity index is 1.44. The molecule has 7 nitrogen and oxygen atoms in total. The highest BCUT2D eigenvalue weighted by Crippen LogP contribution is 2.27. The van der Waals surface area contributed by atoms with Crippen molar-refractivity contribution in [3.63, 3.8) is 0 Å². The van der Waals surface area contributed by atoms with Gasteiger partial charge in [-0.25, -0.2) is 13.9 Å². The second-order valence-electron chi connectivity index (χ2n) is 7.49. The average Bonchev–Trinajstić information content (AvgIpc) is 3.52. The monoisotopic (exact) mass is 480 g/mol. The number of fused-ring (bicyclic) bond motifs is 1. The van der Waals surface area contributed by atoms with Crippen molar-refractivity contribution in [2.45, 2.75) is 20.4 Å². The van der Waals surface area contributed by atoms with Crippen LogP contribution >= 0.6 is 22.9 Å². The minimum absolute atomic E-state index is 0.326. The topological polar surface area (TPSA) is 77.1 Å². The lowest BCUT2D eigenvalue weighted by atomic mass is 10.2. The summed E-state index contributed by atoms with van der Waals surface area (Å²) < 4.78 is 16.8. The minimum atomic E-state index is -0.394. The molecule has 5 rings (SSSR count). The Bertz CT molecular complexity index is 1490.